The van der Waals surface area contributed by atoms with Gasteiger partial charge in [0.25, 0.3) is 0 Å². The normalized spacial score (nSPS) is 21.4. The quantitative estimate of drug-likeness (QED) is 0.777. The number of rotatable bonds is 6. The fourth-order valence-electron chi connectivity index (χ4n) is 2.57. The van der Waals surface area contributed by atoms with Gasteiger partial charge in [-0.05, 0) is 50.9 Å². The molecule has 2 N–H and O–H groups in total. The van der Waals surface area contributed by atoms with Crippen molar-refractivity contribution in [3.05, 3.63) is 28.2 Å². The molecule has 1 saturated heterocycles. The summed E-state index contributed by atoms with van der Waals surface area (Å²) in [5.74, 6) is 0.684. The Morgan fingerprint density at radius 2 is 2.27 bits per heavy atom. The predicted octanol–water partition coefficient (Wildman–Crippen LogP) is 3.41. The molecule has 4 nitrogen and oxygen atoms in total. The number of carbonyl (C=O) groups is 1. The molecule has 6 heteroatoms. The lowest BCUT2D eigenvalue weighted by Gasteiger charge is -2.28. The van der Waals surface area contributed by atoms with E-state index in [1.54, 1.807) is 18.2 Å². The van der Waals surface area contributed by atoms with E-state index in [1.165, 1.54) is 0 Å². The average molecular weight is 345 g/mol. The standard InChI is InChI=1S/C16H22Cl2N2O2/c1-11-9-13(6-7-19-11)20-16(21)3-2-8-22-15-5-4-12(17)10-14(15)18/h4-5,10-11,13,19H,2-3,6-9H2,1H3,(H,20,21). The molecule has 0 saturated carbocycles. The van der Waals surface area contributed by atoms with Crippen molar-refractivity contribution in [3.63, 3.8) is 0 Å². The maximum atomic E-state index is 11.9. The summed E-state index contributed by atoms with van der Waals surface area (Å²) in [5, 5.41) is 7.52. The molecule has 1 aliphatic heterocycles. The summed E-state index contributed by atoms with van der Waals surface area (Å²) in [5.41, 5.74) is 0. The summed E-state index contributed by atoms with van der Waals surface area (Å²) in [6, 6.07) is 5.86. The van der Waals surface area contributed by atoms with Crippen LogP contribution in [0, 0.1) is 0 Å². The van der Waals surface area contributed by atoms with E-state index in [9.17, 15) is 4.79 Å². The molecule has 1 fully saturated rings. The van der Waals surface area contributed by atoms with Crippen molar-refractivity contribution < 1.29 is 9.53 Å². The smallest absolute Gasteiger partial charge is 0.220 e. The fraction of sp³-hybridized carbons (Fsp3) is 0.562. The predicted molar refractivity (Wildman–Crippen MR) is 89.8 cm³/mol. The first kappa shape index (κ1) is 17.4. The van der Waals surface area contributed by atoms with Crippen LogP contribution in [-0.2, 0) is 4.79 Å². The van der Waals surface area contributed by atoms with Crippen molar-refractivity contribution >= 4 is 29.1 Å². The van der Waals surface area contributed by atoms with E-state index in [4.69, 9.17) is 27.9 Å². The molecule has 0 spiro atoms. The summed E-state index contributed by atoms with van der Waals surface area (Å²) >= 11 is 11.8. The highest BCUT2D eigenvalue weighted by molar-refractivity contribution is 6.35. The van der Waals surface area contributed by atoms with Crippen LogP contribution in [0.25, 0.3) is 0 Å². The van der Waals surface area contributed by atoms with E-state index in [0.717, 1.165) is 19.4 Å². The number of ether oxygens (including phenoxy) is 1. The van der Waals surface area contributed by atoms with Crippen molar-refractivity contribution in [1.29, 1.82) is 0 Å². The Kier molecular flexibility index (Phi) is 6.80. The summed E-state index contributed by atoms with van der Waals surface area (Å²) in [6.45, 7) is 3.56. The molecule has 122 valence electrons. The second kappa shape index (κ2) is 8.61. The first-order chi connectivity index (χ1) is 10.5. The zero-order valence-electron chi connectivity index (χ0n) is 12.7. The van der Waals surface area contributed by atoms with E-state index >= 15 is 0 Å². The van der Waals surface area contributed by atoms with Gasteiger partial charge < -0.3 is 15.4 Å². The van der Waals surface area contributed by atoms with Gasteiger partial charge in [-0.3, -0.25) is 4.79 Å². The first-order valence-corrected chi connectivity index (χ1v) is 8.41. The van der Waals surface area contributed by atoms with Gasteiger partial charge in [-0.1, -0.05) is 23.2 Å². The van der Waals surface area contributed by atoms with Gasteiger partial charge in [0, 0.05) is 23.5 Å². The Balaban J connectivity index is 1.64. The van der Waals surface area contributed by atoms with E-state index in [2.05, 4.69) is 17.6 Å². The highest BCUT2D eigenvalue weighted by atomic mass is 35.5. The van der Waals surface area contributed by atoms with Crippen molar-refractivity contribution in [2.75, 3.05) is 13.2 Å². The zero-order chi connectivity index (χ0) is 15.9. The van der Waals surface area contributed by atoms with Crippen molar-refractivity contribution in [1.82, 2.24) is 10.6 Å². The van der Waals surface area contributed by atoms with E-state index < -0.39 is 0 Å². The minimum absolute atomic E-state index is 0.0879. The number of hydrogen-bond acceptors (Lipinski definition) is 3. The molecule has 1 aliphatic rings. The lowest BCUT2D eigenvalue weighted by atomic mass is 10.0. The maximum absolute atomic E-state index is 11.9. The number of amides is 1. The lowest BCUT2D eigenvalue weighted by molar-refractivity contribution is -0.122. The van der Waals surface area contributed by atoms with Crippen molar-refractivity contribution in [3.8, 4) is 5.75 Å². The molecule has 0 aromatic heterocycles. The summed E-state index contributed by atoms with van der Waals surface area (Å²) in [7, 11) is 0. The molecule has 1 amide bonds. The second-order valence-electron chi connectivity index (χ2n) is 5.67. The van der Waals surface area contributed by atoms with Crippen LogP contribution in [0.2, 0.25) is 10.0 Å². The fourth-order valence-corrected chi connectivity index (χ4v) is 3.03. The summed E-state index contributed by atoms with van der Waals surface area (Å²) in [6.07, 6.45) is 3.10. The van der Waals surface area contributed by atoms with Crippen LogP contribution >= 0.6 is 23.2 Å². The molecular formula is C16H22Cl2N2O2. The minimum Gasteiger partial charge on any atom is -0.492 e. The van der Waals surface area contributed by atoms with Gasteiger partial charge in [0.15, 0.2) is 0 Å². The molecule has 1 aromatic rings. The Labute approximate surface area is 141 Å². The molecule has 0 aliphatic carbocycles. The maximum Gasteiger partial charge on any atom is 0.220 e. The Bertz CT molecular complexity index is 511. The Hall–Kier alpha value is -0.970. The summed E-state index contributed by atoms with van der Waals surface area (Å²) < 4.78 is 5.57. The number of hydrogen-bond donors (Lipinski definition) is 2. The van der Waals surface area contributed by atoms with E-state index in [-0.39, 0.29) is 11.9 Å². The molecule has 0 radical (unpaired) electrons. The van der Waals surface area contributed by atoms with Gasteiger partial charge in [-0.2, -0.15) is 0 Å². The largest absolute Gasteiger partial charge is 0.492 e. The third-order valence-electron chi connectivity index (χ3n) is 3.69. The molecule has 2 atom stereocenters. The van der Waals surface area contributed by atoms with Crippen LogP contribution in [-0.4, -0.2) is 31.1 Å². The van der Waals surface area contributed by atoms with Gasteiger partial charge in [-0.15, -0.1) is 0 Å². The van der Waals surface area contributed by atoms with Crippen LogP contribution in [0.5, 0.6) is 5.75 Å². The van der Waals surface area contributed by atoms with Crippen molar-refractivity contribution in [2.24, 2.45) is 0 Å². The SMILES string of the molecule is CC1CC(NC(=O)CCCOc2ccc(Cl)cc2Cl)CCN1. The van der Waals surface area contributed by atoms with E-state index in [1.807, 2.05) is 0 Å². The molecule has 0 bridgehead atoms. The Morgan fingerprint density at radius 1 is 1.45 bits per heavy atom. The number of benzene rings is 1. The second-order valence-corrected chi connectivity index (χ2v) is 6.51. The van der Waals surface area contributed by atoms with Crippen LogP contribution in [0.3, 0.4) is 0 Å². The highest BCUT2D eigenvalue weighted by Gasteiger charge is 2.19. The van der Waals surface area contributed by atoms with E-state index in [0.29, 0.717) is 41.3 Å². The topological polar surface area (TPSA) is 50.4 Å². The molecule has 2 unspecified atom stereocenters. The monoisotopic (exact) mass is 344 g/mol. The molecule has 1 aromatic carbocycles. The van der Waals surface area contributed by atoms with Gasteiger partial charge in [-0.25, -0.2) is 0 Å². The molecule has 1 heterocycles. The van der Waals surface area contributed by atoms with Gasteiger partial charge in [0.2, 0.25) is 5.91 Å². The minimum atomic E-state index is 0.0879. The summed E-state index contributed by atoms with van der Waals surface area (Å²) in [4.78, 5) is 11.9. The van der Waals surface area contributed by atoms with Gasteiger partial charge >= 0.3 is 0 Å². The molecular weight excluding hydrogens is 323 g/mol. The van der Waals surface area contributed by atoms with Crippen LogP contribution in [0.15, 0.2) is 18.2 Å². The van der Waals surface area contributed by atoms with Crippen LogP contribution < -0.4 is 15.4 Å². The van der Waals surface area contributed by atoms with Crippen molar-refractivity contribution in [2.45, 2.75) is 44.7 Å². The first-order valence-electron chi connectivity index (χ1n) is 7.65. The van der Waals surface area contributed by atoms with Gasteiger partial charge in [0.05, 0.1) is 11.6 Å². The third-order valence-corrected chi connectivity index (χ3v) is 4.22. The number of piperidine rings is 1. The molecule has 22 heavy (non-hydrogen) atoms. The Morgan fingerprint density at radius 3 is 3.00 bits per heavy atom. The number of nitrogens with one attached hydrogen (secondary N) is 2. The molecule has 2 rings (SSSR count). The third kappa shape index (κ3) is 5.67. The lowest BCUT2D eigenvalue weighted by Crippen LogP contribution is -2.46. The van der Waals surface area contributed by atoms with Crippen LogP contribution in [0.4, 0.5) is 0 Å². The zero-order valence-corrected chi connectivity index (χ0v) is 14.2. The van der Waals surface area contributed by atoms with Crippen LogP contribution in [0.1, 0.15) is 32.6 Å². The number of halogens is 2. The highest BCUT2D eigenvalue weighted by Crippen LogP contribution is 2.27. The number of carbonyl (C=O) groups excluding carboxylic acids is 1. The van der Waals surface area contributed by atoms with Gasteiger partial charge in [0.1, 0.15) is 5.75 Å². The average Bonchev–Trinajstić information content (AvgIpc) is 2.45.